The van der Waals surface area contributed by atoms with Crippen LogP contribution in [0.2, 0.25) is 5.02 Å². The average Bonchev–Trinajstić information content (AvgIpc) is 2.94. The summed E-state index contributed by atoms with van der Waals surface area (Å²) in [6.07, 6.45) is 5.44. The fourth-order valence-corrected chi connectivity index (χ4v) is 1.72. The van der Waals surface area contributed by atoms with Gasteiger partial charge in [0.15, 0.2) is 0 Å². The zero-order chi connectivity index (χ0) is 14.5. The zero-order valence-corrected chi connectivity index (χ0v) is 11.0. The number of hydrogen-bond donors (Lipinski definition) is 1. The van der Waals surface area contributed by atoms with Crippen molar-refractivity contribution in [1.29, 1.82) is 0 Å². The molecule has 2 rings (SSSR count). The number of ether oxygens (including phenoxy) is 1. The van der Waals surface area contributed by atoms with Gasteiger partial charge in [0.1, 0.15) is 30.5 Å². The van der Waals surface area contributed by atoms with Gasteiger partial charge in [-0.3, -0.25) is 4.79 Å². The molecule has 0 saturated heterocycles. The van der Waals surface area contributed by atoms with Crippen molar-refractivity contribution in [3.05, 3.63) is 23.0 Å². The summed E-state index contributed by atoms with van der Waals surface area (Å²) >= 11 is 5.81. The molecule has 0 fully saturated rings. The van der Waals surface area contributed by atoms with Crippen molar-refractivity contribution in [2.75, 3.05) is 18.5 Å². The third-order valence-electron chi connectivity index (χ3n) is 2.45. The molecule has 0 radical (unpaired) electrons. The molecule has 1 N–H and O–H groups in total. The highest BCUT2D eigenvalue weighted by molar-refractivity contribution is 6.43. The van der Waals surface area contributed by atoms with Crippen LogP contribution in [-0.2, 0) is 9.63 Å². The Labute approximate surface area is 119 Å². The second-order valence-corrected chi connectivity index (χ2v) is 4.24. The van der Waals surface area contributed by atoms with E-state index in [2.05, 4.69) is 16.4 Å². The fourth-order valence-electron chi connectivity index (χ4n) is 1.52. The van der Waals surface area contributed by atoms with Crippen LogP contribution in [0.3, 0.4) is 0 Å². The van der Waals surface area contributed by atoms with E-state index in [0.29, 0.717) is 13.0 Å². The van der Waals surface area contributed by atoms with Crippen molar-refractivity contribution in [3.63, 3.8) is 0 Å². The molecule has 20 heavy (non-hydrogen) atoms. The van der Waals surface area contributed by atoms with Crippen molar-refractivity contribution in [2.45, 2.75) is 6.42 Å². The third kappa shape index (κ3) is 3.19. The van der Waals surface area contributed by atoms with Crippen LogP contribution in [0.1, 0.15) is 6.42 Å². The highest BCUT2D eigenvalue weighted by Gasteiger charge is 2.19. The summed E-state index contributed by atoms with van der Waals surface area (Å²) in [5.74, 6) is 1.23. The normalized spacial score (nSPS) is 13.2. The number of anilines is 1. The molecular weight excluding hydrogens is 287 g/mol. The topological polar surface area (TPSA) is 59.9 Å². The van der Waals surface area contributed by atoms with E-state index in [1.165, 1.54) is 6.07 Å². The summed E-state index contributed by atoms with van der Waals surface area (Å²) in [5.41, 5.74) is 0.131. The van der Waals surface area contributed by atoms with Crippen LogP contribution in [0.15, 0.2) is 17.3 Å². The number of terminal acetylenes is 1. The van der Waals surface area contributed by atoms with Crippen LogP contribution >= 0.6 is 11.6 Å². The molecule has 1 heterocycles. The van der Waals surface area contributed by atoms with Crippen molar-refractivity contribution in [3.8, 4) is 18.1 Å². The van der Waals surface area contributed by atoms with E-state index in [4.69, 9.17) is 27.6 Å². The van der Waals surface area contributed by atoms with Gasteiger partial charge >= 0.3 is 0 Å². The Morgan fingerprint density at radius 3 is 3.10 bits per heavy atom. The molecule has 0 atom stereocenters. The molecule has 104 valence electrons. The minimum Gasteiger partial charge on any atom is -0.479 e. The van der Waals surface area contributed by atoms with Gasteiger partial charge in [-0.15, -0.1) is 6.42 Å². The summed E-state index contributed by atoms with van der Waals surface area (Å²) in [5, 5.41) is 6.00. The largest absolute Gasteiger partial charge is 0.479 e. The minimum atomic E-state index is -0.684. The van der Waals surface area contributed by atoms with Crippen LogP contribution in [0.5, 0.6) is 5.75 Å². The molecule has 1 aliphatic heterocycles. The average molecular weight is 297 g/mol. The van der Waals surface area contributed by atoms with Crippen LogP contribution in [0.4, 0.5) is 10.1 Å². The Balaban J connectivity index is 2.18. The lowest BCUT2D eigenvalue weighted by Gasteiger charge is -2.10. The number of oxime groups is 1. The highest BCUT2D eigenvalue weighted by Crippen LogP contribution is 2.30. The maximum atomic E-state index is 13.7. The van der Waals surface area contributed by atoms with Crippen LogP contribution in [-0.4, -0.2) is 24.8 Å². The van der Waals surface area contributed by atoms with Gasteiger partial charge in [0.05, 0.1) is 10.7 Å². The first kappa shape index (κ1) is 14.2. The molecule has 5 nitrogen and oxygen atoms in total. The summed E-state index contributed by atoms with van der Waals surface area (Å²) < 4.78 is 18.9. The highest BCUT2D eigenvalue weighted by atomic mass is 35.5. The number of nitrogens with one attached hydrogen (secondary N) is 1. The molecule has 0 saturated carbocycles. The van der Waals surface area contributed by atoms with Crippen molar-refractivity contribution in [1.82, 2.24) is 0 Å². The standard InChI is InChI=1S/C13H10ClFN2O3/c1-2-4-19-12-7-11(9(15)6-8(12)14)16-13(18)10-3-5-20-17-10/h1,6-7H,3-5H2,(H,16,18). The Morgan fingerprint density at radius 2 is 2.45 bits per heavy atom. The van der Waals surface area contributed by atoms with Crippen LogP contribution < -0.4 is 10.1 Å². The number of halogens is 2. The number of rotatable bonds is 4. The van der Waals surface area contributed by atoms with Crippen LogP contribution in [0, 0.1) is 18.2 Å². The summed E-state index contributed by atoms with van der Waals surface area (Å²) in [4.78, 5) is 16.5. The molecule has 0 unspecified atom stereocenters. The molecule has 0 aliphatic carbocycles. The van der Waals surface area contributed by atoms with Gasteiger partial charge in [0.25, 0.3) is 5.91 Å². The van der Waals surface area contributed by atoms with Gasteiger partial charge < -0.3 is 14.9 Å². The molecule has 0 bridgehead atoms. The van der Waals surface area contributed by atoms with E-state index in [1.807, 2.05) is 0 Å². The maximum absolute atomic E-state index is 13.7. The van der Waals surface area contributed by atoms with E-state index in [-0.39, 0.29) is 28.8 Å². The first-order valence-corrected chi connectivity index (χ1v) is 6.05. The second kappa shape index (κ2) is 6.26. The number of carbonyl (C=O) groups is 1. The van der Waals surface area contributed by atoms with Crippen molar-refractivity contribution < 1.29 is 18.8 Å². The van der Waals surface area contributed by atoms with Gasteiger partial charge in [-0.2, -0.15) is 0 Å². The molecule has 1 aromatic carbocycles. The lowest BCUT2D eigenvalue weighted by atomic mass is 10.2. The Morgan fingerprint density at radius 1 is 1.65 bits per heavy atom. The SMILES string of the molecule is C#CCOc1cc(NC(=O)C2=NOCC2)c(F)cc1Cl. The molecule has 1 aromatic rings. The van der Waals surface area contributed by atoms with Crippen molar-refractivity contribution in [2.24, 2.45) is 5.16 Å². The first-order chi connectivity index (χ1) is 9.61. The quantitative estimate of drug-likeness (QED) is 0.867. The van der Waals surface area contributed by atoms with Gasteiger partial charge in [-0.25, -0.2) is 4.39 Å². The van der Waals surface area contributed by atoms with Crippen molar-refractivity contribution >= 4 is 28.9 Å². The van der Waals surface area contributed by atoms with Crippen LogP contribution in [0.25, 0.3) is 0 Å². The smallest absolute Gasteiger partial charge is 0.273 e. The zero-order valence-electron chi connectivity index (χ0n) is 10.3. The lowest BCUT2D eigenvalue weighted by Crippen LogP contribution is -2.22. The summed E-state index contributed by atoms with van der Waals surface area (Å²) in [7, 11) is 0. The molecule has 0 aromatic heterocycles. The molecular formula is C13H10ClFN2O3. The number of carbonyl (C=O) groups excluding carboxylic acids is 1. The van der Waals surface area contributed by atoms with E-state index in [0.717, 1.165) is 6.07 Å². The Hall–Kier alpha value is -2.26. The first-order valence-electron chi connectivity index (χ1n) is 5.67. The van der Waals surface area contributed by atoms with Gasteiger partial charge in [0.2, 0.25) is 0 Å². The summed E-state index contributed by atoms with van der Waals surface area (Å²) in [6, 6.07) is 2.30. The number of hydrogen-bond acceptors (Lipinski definition) is 4. The fraction of sp³-hybridized carbons (Fsp3) is 0.231. The second-order valence-electron chi connectivity index (χ2n) is 3.83. The molecule has 1 aliphatic rings. The minimum absolute atomic E-state index is 0.0146. The monoisotopic (exact) mass is 296 g/mol. The summed E-state index contributed by atoms with van der Waals surface area (Å²) in [6.45, 7) is 0.321. The van der Waals surface area contributed by atoms with E-state index >= 15 is 0 Å². The van der Waals surface area contributed by atoms with E-state index in [9.17, 15) is 9.18 Å². The Bertz CT molecular complexity index is 610. The van der Waals surface area contributed by atoms with Gasteiger partial charge in [0, 0.05) is 12.5 Å². The van der Waals surface area contributed by atoms with Gasteiger partial charge in [-0.1, -0.05) is 22.7 Å². The predicted octanol–water partition coefficient (Wildman–Crippen LogP) is 2.21. The number of benzene rings is 1. The van der Waals surface area contributed by atoms with E-state index < -0.39 is 11.7 Å². The lowest BCUT2D eigenvalue weighted by molar-refractivity contribution is -0.110. The predicted molar refractivity (Wildman–Crippen MR) is 72.4 cm³/mol. The third-order valence-corrected chi connectivity index (χ3v) is 2.74. The molecule has 1 amide bonds. The van der Waals surface area contributed by atoms with Gasteiger partial charge in [-0.05, 0) is 6.07 Å². The maximum Gasteiger partial charge on any atom is 0.273 e. The number of nitrogens with zero attached hydrogens (tertiary/aromatic N) is 1. The molecule has 0 spiro atoms. The number of amides is 1. The Kier molecular flexibility index (Phi) is 4.43. The van der Waals surface area contributed by atoms with E-state index in [1.54, 1.807) is 0 Å². The molecule has 7 heteroatoms.